The van der Waals surface area contributed by atoms with Crippen LogP contribution in [0.1, 0.15) is 32.9 Å². The number of hydrogen-bond acceptors (Lipinski definition) is 3. The van der Waals surface area contributed by atoms with Gasteiger partial charge in [-0.2, -0.15) is 0 Å². The van der Waals surface area contributed by atoms with Crippen molar-refractivity contribution in [3.05, 3.63) is 23.5 Å². The second-order valence-electron chi connectivity index (χ2n) is 5.56. The lowest BCUT2D eigenvalue weighted by molar-refractivity contribution is 0.291. The number of rotatable bonds is 5. The van der Waals surface area contributed by atoms with Gasteiger partial charge >= 0.3 is 0 Å². The van der Waals surface area contributed by atoms with Crippen LogP contribution in [0.3, 0.4) is 0 Å². The van der Waals surface area contributed by atoms with Crippen molar-refractivity contribution in [2.24, 2.45) is 5.41 Å². The van der Waals surface area contributed by atoms with Gasteiger partial charge in [-0.1, -0.05) is 13.8 Å². The molecule has 4 heteroatoms. The highest BCUT2D eigenvalue weighted by Crippen LogP contribution is 2.27. The maximum Gasteiger partial charge on any atom is 0.193 e. The van der Waals surface area contributed by atoms with Crippen molar-refractivity contribution in [2.75, 3.05) is 7.05 Å². The van der Waals surface area contributed by atoms with Gasteiger partial charge in [0.2, 0.25) is 0 Å². The molecule has 0 fully saturated rings. The summed E-state index contributed by atoms with van der Waals surface area (Å²) >= 11 is 1.69. The Morgan fingerprint density at radius 1 is 1.53 bits per heavy atom. The predicted molar refractivity (Wildman–Crippen MR) is 73.7 cm³/mol. The van der Waals surface area contributed by atoms with E-state index in [0.29, 0.717) is 6.04 Å². The van der Waals surface area contributed by atoms with Crippen molar-refractivity contribution < 1.29 is 0 Å². The van der Waals surface area contributed by atoms with E-state index in [2.05, 4.69) is 53.2 Å². The Balaban J connectivity index is 2.06. The molecule has 0 radical (unpaired) electrons. The summed E-state index contributed by atoms with van der Waals surface area (Å²) in [6.45, 7) is 6.86. The third kappa shape index (κ3) is 3.07. The second kappa shape index (κ2) is 4.78. The van der Waals surface area contributed by atoms with E-state index >= 15 is 0 Å². The first-order chi connectivity index (χ1) is 8.00. The molecule has 0 bridgehead atoms. The van der Waals surface area contributed by atoms with Crippen molar-refractivity contribution in [2.45, 2.75) is 39.7 Å². The van der Waals surface area contributed by atoms with Crippen molar-refractivity contribution in [1.82, 2.24) is 14.7 Å². The first-order valence-corrected chi connectivity index (χ1v) is 6.96. The fourth-order valence-corrected chi connectivity index (χ4v) is 3.07. The van der Waals surface area contributed by atoms with Crippen LogP contribution in [-0.2, 0) is 6.42 Å². The van der Waals surface area contributed by atoms with Gasteiger partial charge in [0, 0.05) is 23.8 Å². The minimum absolute atomic E-state index is 0.284. The molecule has 1 unspecified atom stereocenters. The maximum atomic E-state index is 4.65. The minimum Gasteiger partial charge on any atom is -0.317 e. The monoisotopic (exact) mass is 251 g/mol. The quantitative estimate of drug-likeness (QED) is 0.885. The fraction of sp³-hybridized carbons (Fsp3) is 0.615. The van der Waals surface area contributed by atoms with E-state index in [9.17, 15) is 0 Å². The van der Waals surface area contributed by atoms with Crippen molar-refractivity contribution in [1.29, 1.82) is 0 Å². The Bertz CT molecular complexity index is 455. The van der Waals surface area contributed by atoms with Crippen LogP contribution in [0.25, 0.3) is 4.96 Å². The maximum absolute atomic E-state index is 4.65. The minimum atomic E-state index is 0.284. The van der Waals surface area contributed by atoms with E-state index in [4.69, 9.17) is 0 Å². The Morgan fingerprint density at radius 3 is 2.94 bits per heavy atom. The highest BCUT2D eigenvalue weighted by Gasteiger charge is 2.22. The summed E-state index contributed by atoms with van der Waals surface area (Å²) < 4.78 is 2.11. The first kappa shape index (κ1) is 12.6. The smallest absolute Gasteiger partial charge is 0.193 e. The molecular weight excluding hydrogens is 230 g/mol. The van der Waals surface area contributed by atoms with Crippen molar-refractivity contribution >= 4 is 16.3 Å². The van der Waals surface area contributed by atoms with Gasteiger partial charge in [-0.25, -0.2) is 4.98 Å². The van der Waals surface area contributed by atoms with E-state index < -0.39 is 0 Å². The number of hydrogen-bond donors (Lipinski definition) is 1. The molecule has 3 nitrogen and oxygen atoms in total. The topological polar surface area (TPSA) is 29.3 Å². The zero-order chi connectivity index (χ0) is 12.5. The van der Waals surface area contributed by atoms with Gasteiger partial charge in [0.05, 0.1) is 5.69 Å². The van der Waals surface area contributed by atoms with Crippen LogP contribution in [-0.4, -0.2) is 22.5 Å². The molecule has 0 amide bonds. The number of thiazole rings is 1. The summed E-state index contributed by atoms with van der Waals surface area (Å²) in [7, 11) is 2.02. The third-order valence-electron chi connectivity index (χ3n) is 3.15. The fourth-order valence-electron chi connectivity index (χ4n) is 2.35. The van der Waals surface area contributed by atoms with Gasteiger partial charge in [0.15, 0.2) is 4.96 Å². The van der Waals surface area contributed by atoms with Crippen LogP contribution in [0.4, 0.5) is 0 Å². The zero-order valence-corrected chi connectivity index (χ0v) is 11.8. The number of fused-ring (bicyclic) bond motifs is 1. The summed E-state index contributed by atoms with van der Waals surface area (Å²) in [6, 6.07) is 0.550. The number of aromatic nitrogens is 2. The van der Waals surface area contributed by atoms with Crippen LogP contribution in [0.15, 0.2) is 17.8 Å². The van der Waals surface area contributed by atoms with Crippen LogP contribution in [0.5, 0.6) is 0 Å². The zero-order valence-electron chi connectivity index (χ0n) is 11.0. The predicted octanol–water partition coefficient (Wildman–Crippen LogP) is 2.96. The lowest BCUT2D eigenvalue weighted by Gasteiger charge is -2.27. The summed E-state index contributed by atoms with van der Waals surface area (Å²) in [5.41, 5.74) is 1.48. The average Bonchev–Trinajstić information content (AvgIpc) is 2.75. The Labute approximate surface area is 107 Å². The average molecular weight is 251 g/mol. The molecule has 17 heavy (non-hydrogen) atoms. The molecule has 0 saturated carbocycles. The van der Waals surface area contributed by atoms with Crippen LogP contribution < -0.4 is 5.32 Å². The molecule has 0 aliphatic carbocycles. The van der Waals surface area contributed by atoms with E-state index in [0.717, 1.165) is 17.8 Å². The molecule has 2 aromatic rings. The largest absolute Gasteiger partial charge is 0.317 e. The van der Waals surface area contributed by atoms with E-state index in [-0.39, 0.29) is 5.41 Å². The Hall–Kier alpha value is -0.870. The molecule has 1 N–H and O–H groups in total. The number of imidazole rings is 1. The third-order valence-corrected chi connectivity index (χ3v) is 3.93. The van der Waals surface area contributed by atoms with Crippen LogP contribution >= 0.6 is 11.3 Å². The highest BCUT2D eigenvalue weighted by atomic mass is 32.1. The molecular formula is C13H21N3S. The normalized spacial score (nSPS) is 14.4. The lowest BCUT2D eigenvalue weighted by Crippen LogP contribution is -2.29. The summed E-state index contributed by atoms with van der Waals surface area (Å²) in [4.78, 5) is 5.75. The van der Waals surface area contributed by atoms with E-state index in [1.807, 2.05) is 7.05 Å². The molecule has 0 saturated heterocycles. The van der Waals surface area contributed by atoms with E-state index in [1.54, 1.807) is 11.3 Å². The molecule has 0 aliphatic heterocycles. The molecule has 1 atom stereocenters. The van der Waals surface area contributed by atoms with Crippen LogP contribution in [0.2, 0.25) is 0 Å². The molecule has 0 spiro atoms. The highest BCUT2D eigenvalue weighted by molar-refractivity contribution is 7.15. The van der Waals surface area contributed by atoms with Gasteiger partial charge in [-0.05, 0) is 32.2 Å². The van der Waals surface area contributed by atoms with Gasteiger partial charge in [0.25, 0.3) is 0 Å². The lowest BCUT2D eigenvalue weighted by atomic mass is 9.82. The van der Waals surface area contributed by atoms with Crippen molar-refractivity contribution in [3.63, 3.8) is 0 Å². The van der Waals surface area contributed by atoms with Crippen LogP contribution in [0, 0.1) is 5.41 Å². The summed E-state index contributed by atoms with van der Waals surface area (Å²) in [5, 5.41) is 5.37. The SMILES string of the molecule is CNC(C)CC(C)(C)Cc1cn2ccsc2n1. The van der Waals surface area contributed by atoms with Gasteiger partial charge < -0.3 is 5.32 Å². The number of nitrogens with zero attached hydrogens (tertiary/aromatic N) is 2. The van der Waals surface area contributed by atoms with E-state index in [1.165, 1.54) is 5.69 Å². The van der Waals surface area contributed by atoms with Gasteiger partial charge in [-0.15, -0.1) is 11.3 Å². The number of nitrogens with one attached hydrogen (secondary N) is 1. The van der Waals surface area contributed by atoms with Gasteiger partial charge in [0.1, 0.15) is 0 Å². The molecule has 94 valence electrons. The van der Waals surface area contributed by atoms with Crippen molar-refractivity contribution in [3.8, 4) is 0 Å². The first-order valence-electron chi connectivity index (χ1n) is 6.08. The Morgan fingerprint density at radius 2 is 2.29 bits per heavy atom. The standard InChI is InChI=1S/C13H21N3S/c1-10(14-4)7-13(2,3)8-11-9-16-5-6-17-12(16)15-11/h5-6,9-10,14H,7-8H2,1-4H3. The molecule has 0 aromatic carbocycles. The second-order valence-corrected chi connectivity index (χ2v) is 6.43. The molecule has 2 rings (SSSR count). The summed E-state index contributed by atoms with van der Waals surface area (Å²) in [5.74, 6) is 0. The molecule has 0 aliphatic rings. The Kier molecular flexibility index (Phi) is 3.54. The summed E-state index contributed by atoms with van der Waals surface area (Å²) in [6.07, 6.45) is 6.42. The van der Waals surface area contributed by atoms with Gasteiger partial charge in [-0.3, -0.25) is 4.40 Å². The molecule has 2 heterocycles. The molecule has 2 aromatic heterocycles.